The number of H-pyrrole nitrogens is 1. The van der Waals surface area contributed by atoms with Crippen molar-refractivity contribution in [2.45, 2.75) is 0 Å². The van der Waals surface area contributed by atoms with Crippen LogP contribution in [-0.2, 0) is 0 Å². The smallest absolute Gasteiger partial charge is 0.251 e. The maximum absolute atomic E-state index is 15.2. The lowest BCUT2D eigenvalue weighted by Crippen LogP contribution is -2.40. The zero-order valence-electron chi connectivity index (χ0n) is 18.1. The molecule has 0 radical (unpaired) electrons. The van der Waals surface area contributed by atoms with Crippen molar-refractivity contribution in [2.24, 2.45) is 5.10 Å². The number of hydrogen-bond acceptors (Lipinski definition) is 8. The number of amidine groups is 1. The molecule has 5 N–H and O–H groups in total. The van der Waals surface area contributed by atoms with Gasteiger partial charge in [0.2, 0.25) is 0 Å². The molecule has 1 aliphatic heterocycles. The van der Waals surface area contributed by atoms with Crippen LogP contribution in [0.4, 0.5) is 4.39 Å². The minimum atomic E-state index is -0.458. The molecule has 0 saturated heterocycles. The highest BCUT2D eigenvalue weighted by atomic mass is 19.1. The molecule has 0 spiro atoms. The van der Waals surface area contributed by atoms with Gasteiger partial charge in [0, 0.05) is 39.9 Å². The van der Waals surface area contributed by atoms with E-state index in [0.29, 0.717) is 33.6 Å². The summed E-state index contributed by atoms with van der Waals surface area (Å²) in [6.45, 7) is 0.225. The van der Waals surface area contributed by atoms with Crippen LogP contribution in [0.15, 0.2) is 72.4 Å². The van der Waals surface area contributed by atoms with E-state index >= 15 is 4.39 Å². The largest absolute Gasteiger partial charge is 0.345 e. The van der Waals surface area contributed by atoms with Crippen molar-refractivity contribution in [2.75, 3.05) is 6.54 Å². The Balaban J connectivity index is 1.39. The van der Waals surface area contributed by atoms with E-state index in [1.165, 1.54) is 6.20 Å². The molecule has 0 aliphatic carbocycles. The summed E-state index contributed by atoms with van der Waals surface area (Å²) >= 11 is 0. The molecule has 0 saturated carbocycles. The first-order chi connectivity index (χ1) is 17.2. The number of hydrogen-bond donors (Lipinski definition) is 5. The number of hydrazine groups is 2. The Morgan fingerprint density at radius 2 is 1.91 bits per heavy atom. The van der Waals surface area contributed by atoms with Crippen LogP contribution in [0, 0.1) is 5.82 Å². The summed E-state index contributed by atoms with van der Waals surface area (Å²) in [5, 5.41) is 8.12. The van der Waals surface area contributed by atoms with Gasteiger partial charge in [0.05, 0.1) is 30.1 Å². The fraction of sp³-hybridized carbons (Fsp3) is 0.0417. The number of rotatable bonds is 5. The Hall–Kier alpha value is -4.90. The van der Waals surface area contributed by atoms with Crippen molar-refractivity contribution >= 4 is 33.7 Å². The maximum atomic E-state index is 15.2. The maximum Gasteiger partial charge on any atom is 0.251 e. The molecular weight excluding hydrogens is 449 g/mol. The van der Waals surface area contributed by atoms with Crippen LogP contribution in [0.5, 0.6) is 0 Å². The van der Waals surface area contributed by atoms with Gasteiger partial charge < -0.3 is 10.3 Å². The topological polar surface area (TPSA) is 132 Å². The van der Waals surface area contributed by atoms with Crippen LogP contribution in [0.2, 0.25) is 0 Å². The summed E-state index contributed by atoms with van der Waals surface area (Å²) in [6, 6.07) is 12.4. The number of fused-ring (bicyclic) bond motifs is 3. The highest BCUT2D eigenvalue weighted by molar-refractivity contribution is 6.13. The van der Waals surface area contributed by atoms with E-state index in [0.717, 1.165) is 22.2 Å². The number of aromatic amines is 1. The molecule has 0 fully saturated rings. The molecule has 6 rings (SSSR count). The van der Waals surface area contributed by atoms with Crippen molar-refractivity contribution in [3.63, 3.8) is 0 Å². The molecule has 11 heteroatoms. The van der Waals surface area contributed by atoms with Gasteiger partial charge in [-0.05, 0) is 35.9 Å². The van der Waals surface area contributed by atoms with Crippen LogP contribution in [0.1, 0.15) is 10.4 Å². The van der Waals surface area contributed by atoms with Crippen molar-refractivity contribution in [1.29, 1.82) is 0 Å². The van der Waals surface area contributed by atoms with Crippen LogP contribution < -0.4 is 21.8 Å². The molecule has 0 atom stereocenters. The van der Waals surface area contributed by atoms with Gasteiger partial charge in [-0.25, -0.2) is 14.9 Å². The van der Waals surface area contributed by atoms with Crippen molar-refractivity contribution < 1.29 is 9.18 Å². The van der Waals surface area contributed by atoms with Gasteiger partial charge >= 0.3 is 0 Å². The first-order valence-corrected chi connectivity index (χ1v) is 10.7. The fourth-order valence-electron chi connectivity index (χ4n) is 4.05. The number of nitrogens with zero attached hydrogens (tertiary/aromatic N) is 4. The van der Waals surface area contributed by atoms with E-state index in [-0.39, 0.29) is 12.5 Å². The molecule has 5 aromatic rings. The van der Waals surface area contributed by atoms with Gasteiger partial charge in [-0.15, -0.1) is 10.6 Å². The van der Waals surface area contributed by atoms with E-state index in [2.05, 4.69) is 46.8 Å². The molecule has 4 aromatic heterocycles. The third-order valence-electron chi connectivity index (χ3n) is 5.72. The molecule has 1 aliphatic rings. The number of pyridine rings is 3. The SMILES string of the molecule is O=C(NCC1=NNNN1)c1ccc(-c2c(F)cnc3[nH]c4cnc(-c5cccnc5)cc4c23)cc1. The first-order valence-electron chi connectivity index (χ1n) is 10.7. The summed E-state index contributed by atoms with van der Waals surface area (Å²) in [6.07, 6.45) is 6.34. The van der Waals surface area contributed by atoms with E-state index in [9.17, 15) is 4.79 Å². The summed E-state index contributed by atoms with van der Waals surface area (Å²) in [7, 11) is 0. The standard InChI is InChI=1S/C24H18FN9O/c25-17-10-28-23-22(16-8-18(27-11-19(16)30-23)15-2-1-7-26-9-15)21(17)13-3-5-14(6-4-13)24(35)29-12-20-31-33-34-32-20/h1-11,33-34H,12H2,(H,28,30)(H,29,35)(H,31,32). The number of benzene rings is 1. The Morgan fingerprint density at radius 3 is 2.69 bits per heavy atom. The predicted molar refractivity (Wildman–Crippen MR) is 129 cm³/mol. The number of nitrogens with one attached hydrogen (secondary N) is 5. The zero-order valence-corrected chi connectivity index (χ0v) is 18.1. The highest BCUT2D eigenvalue weighted by Crippen LogP contribution is 2.36. The molecule has 172 valence electrons. The zero-order chi connectivity index (χ0) is 23.8. The molecule has 5 heterocycles. The Bertz CT molecular complexity index is 1600. The number of carbonyl (C=O) groups is 1. The molecule has 1 aromatic carbocycles. The van der Waals surface area contributed by atoms with Crippen LogP contribution in [0.3, 0.4) is 0 Å². The molecule has 10 nitrogen and oxygen atoms in total. The van der Waals surface area contributed by atoms with Gasteiger partial charge in [0.15, 0.2) is 5.84 Å². The number of hydrazone groups is 1. The van der Waals surface area contributed by atoms with E-state index in [1.807, 2.05) is 18.2 Å². The summed E-state index contributed by atoms with van der Waals surface area (Å²) in [4.78, 5) is 28.6. The summed E-state index contributed by atoms with van der Waals surface area (Å²) in [5.74, 6) is -0.177. The molecule has 0 bridgehead atoms. The predicted octanol–water partition coefficient (Wildman–Crippen LogP) is 2.63. The van der Waals surface area contributed by atoms with Crippen molar-refractivity contribution in [3.05, 3.63) is 78.6 Å². The second kappa shape index (κ2) is 8.47. The van der Waals surface area contributed by atoms with Gasteiger partial charge in [-0.1, -0.05) is 12.1 Å². The third kappa shape index (κ3) is 3.79. The highest BCUT2D eigenvalue weighted by Gasteiger charge is 2.18. The molecule has 35 heavy (non-hydrogen) atoms. The van der Waals surface area contributed by atoms with Crippen molar-refractivity contribution in [1.82, 2.24) is 41.7 Å². The molecular formula is C24H18FN9O. The van der Waals surface area contributed by atoms with E-state index in [4.69, 9.17) is 0 Å². The lowest BCUT2D eigenvalue weighted by atomic mass is 9.99. The number of halogens is 1. The van der Waals surface area contributed by atoms with Crippen molar-refractivity contribution in [3.8, 4) is 22.4 Å². The monoisotopic (exact) mass is 467 g/mol. The quantitative estimate of drug-likeness (QED) is 0.268. The van der Waals surface area contributed by atoms with E-state index < -0.39 is 5.82 Å². The molecule has 1 amide bonds. The lowest BCUT2D eigenvalue weighted by Gasteiger charge is -2.09. The second-order valence-corrected chi connectivity index (χ2v) is 7.87. The Morgan fingerprint density at radius 1 is 1.03 bits per heavy atom. The van der Waals surface area contributed by atoms with E-state index in [1.54, 1.807) is 42.9 Å². The summed E-state index contributed by atoms with van der Waals surface area (Å²) in [5.41, 5.74) is 12.2. The number of aromatic nitrogens is 4. The Labute approximate surface area is 197 Å². The second-order valence-electron chi connectivity index (χ2n) is 7.87. The normalized spacial score (nSPS) is 12.9. The fourth-order valence-corrected chi connectivity index (χ4v) is 4.05. The number of carbonyl (C=O) groups excluding carboxylic acids is 1. The van der Waals surface area contributed by atoms with Gasteiger partial charge in [0.25, 0.3) is 5.91 Å². The third-order valence-corrected chi connectivity index (χ3v) is 5.72. The minimum Gasteiger partial charge on any atom is -0.345 e. The van der Waals surface area contributed by atoms with Crippen LogP contribution >= 0.6 is 0 Å². The molecule has 0 unspecified atom stereocenters. The lowest BCUT2D eigenvalue weighted by molar-refractivity contribution is 0.0959. The Kier molecular flexibility index (Phi) is 5.00. The van der Waals surface area contributed by atoms with Crippen LogP contribution in [0.25, 0.3) is 44.3 Å². The minimum absolute atomic E-state index is 0.225. The number of amides is 1. The first kappa shape index (κ1) is 20.7. The van der Waals surface area contributed by atoms with Crippen LogP contribution in [-0.4, -0.2) is 38.2 Å². The average Bonchev–Trinajstić information content (AvgIpc) is 3.55. The van der Waals surface area contributed by atoms with Gasteiger partial charge in [0.1, 0.15) is 11.5 Å². The summed E-state index contributed by atoms with van der Waals surface area (Å²) < 4.78 is 15.2. The van der Waals surface area contributed by atoms with Gasteiger partial charge in [-0.2, -0.15) is 0 Å². The average molecular weight is 467 g/mol. The van der Waals surface area contributed by atoms with Gasteiger partial charge in [-0.3, -0.25) is 20.2 Å².